The highest BCUT2D eigenvalue weighted by Gasteiger charge is 2.29. The van der Waals surface area contributed by atoms with Crippen LogP contribution in [-0.2, 0) is 5.66 Å². The normalized spacial score (nSPS) is 16.0. The minimum atomic E-state index is -2.93. The first-order chi connectivity index (χ1) is 16.6. The number of alkyl halides is 2. The highest BCUT2D eigenvalue weighted by atomic mass is 31.0. The number of nitrogen functional groups attached to an aromatic ring is 2. The summed E-state index contributed by atoms with van der Waals surface area (Å²) in [6, 6.07) is 10.3. The molecule has 2 aromatic heterocycles. The number of benzene rings is 1. The largest absolute Gasteiger partial charge is 0.384 e. The predicted molar refractivity (Wildman–Crippen MR) is 139 cm³/mol. The van der Waals surface area contributed by atoms with Crippen LogP contribution in [0.25, 0.3) is 11.1 Å². The van der Waals surface area contributed by atoms with E-state index in [4.69, 9.17) is 11.5 Å². The zero-order valence-corrected chi connectivity index (χ0v) is 21.1. The number of piperazine rings is 1. The van der Waals surface area contributed by atoms with E-state index in [2.05, 4.69) is 29.7 Å². The first-order valence-corrected chi connectivity index (χ1v) is 11.9. The second-order valence-corrected chi connectivity index (χ2v) is 9.70. The molecule has 35 heavy (non-hydrogen) atoms. The van der Waals surface area contributed by atoms with E-state index in [0.29, 0.717) is 11.6 Å². The van der Waals surface area contributed by atoms with Crippen LogP contribution in [0.1, 0.15) is 17.2 Å². The van der Waals surface area contributed by atoms with E-state index in [1.807, 2.05) is 32.3 Å². The van der Waals surface area contributed by atoms with Crippen molar-refractivity contribution in [3.05, 3.63) is 60.0 Å². The summed E-state index contributed by atoms with van der Waals surface area (Å²) < 4.78 is 27.3. The van der Waals surface area contributed by atoms with E-state index in [1.54, 1.807) is 21.5 Å². The third kappa shape index (κ3) is 5.83. The van der Waals surface area contributed by atoms with E-state index in [-0.39, 0.29) is 11.6 Å². The quantitative estimate of drug-likeness (QED) is 0.478. The van der Waals surface area contributed by atoms with E-state index >= 15 is 0 Å². The molecule has 1 aliphatic rings. The van der Waals surface area contributed by atoms with Crippen molar-refractivity contribution >= 4 is 26.7 Å². The topological polar surface area (TPSA) is 100 Å². The molecule has 0 saturated carbocycles. The minimum Gasteiger partial charge on any atom is -0.384 e. The molecule has 11 heteroatoms. The standard InChI is InChI=1S/C24H31F2N8P/c1-32(2)14-19(16-3-6-18(7-4-16)24(25,26)35)33-9-11-34(12-10-33)23-21(22(28)30-15-31-23)17-5-8-20(27)29-13-17/h3-8,13,15,19H,9-12,14,35H2,1-2H3,(H2,27,29)(H2,28,30,31). The summed E-state index contributed by atoms with van der Waals surface area (Å²) >= 11 is 0. The van der Waals surface area contributed by atoms with Gasteiger partial charge in [-0.2, -0.15) is 8.78 Å². The Morgan fingerprint density at radius 1 is 1.00 bits per heavy atom. The van der Waals surface area contributed by atoms with Crippen LogP contribution in [0.15, 0.2) is 48.9 Å². The summed E-state index contributed by atoms with van der Waals surface area (Å²) in [7, 11) is 5.63. The number of hydrogen-bond acceptors (Lipinski definition) is 8. The molecule has 1 saturated heterocycles. The molecule has 8 nitrogen and oxygen atoms in total. The number of nitrogens with zero attached hydrogens (tertiary/aromatic N) is 6. The maximum atomic E-state index is 13.7. The average molecular weight is 501 g/mol. The second-order valence-electron chi connectivity index (χ2n) is 8.98. The number of likely N-dealkylation sites (N-methyl/N-ethyl adjacent to an activating group) is 1. The molecule has 0 aliphatic carbocycles. The van der Waals surface area contributed by atoms with E-state index in [1.165, 1.54) is 18.5 Å². The number of nitrogens with two attached hydrogens (primary N) is 2. The van der Waals surface area contributed by atoms with Crippen molar-refractivity contribution in [2.24, 2.45) is 0 Å². The van der Waals surface area contributed by atoms with Crippen molar-refractivity contribution in [1.29, 1.82) is 0 Å². The molecule has 1 aliphatic heterocycles. The van der Waals surface area contributed by atoms with Gasteiger partial charge in [0.15, 0.2) is 0 Å². The van der Waals surface area contributed by atoms with Gasteiger partial charge in [0.05, 0.1) is 5.56 Å². The first kappa shape index (κ1) is 25.2. The van der Waals surface area contributed by atoms with Crippen LogP contribution in [0, 0.1) is 0 Å². The van der Waals surface area contributed by atoms with Crippen LogP contribution in [-0.4, -0.2) is 71.6 Å². The summed E-state index contributed by atoms with van der Waals surface area (Å²) in [6.07, 6.45) is 3.16. The highest BCUT2D eigenvalue weighted by Crippen LogP contribution is 2.36. The Labute approximate surface area is 206 Å². The molecule has 0 amide bonds. The molecule has 2 atom stereocenters. The Hall–Kier alpha value is -2.94. The lowest BCUT2D eigenvalue weighted by atomic mass is 10.0. The van der Waals surface area contributed by atoms with Gasteiger partial charge in [0.25, 0.3) is 5.66 Å². The van der Waals surface area contributed by atoms with E-state index in [9.17, 15) is 8.78 Å². The fourth-order valence-corrected chi connectivity index (χ4v) is 4.60. The summed E-state index contributed by atoms with van der Waals surface area (Å²) in [6.45, 7) is 3.81. The summed E-state index contributed by atoms with van der Waals surface area (Å²) in [5.41, 5.74) is 11.6. The van der Waals surface area contributed by atoms with Crippen LogP contribution in [0.4, 0.5) is 26.2 Å². The van der Waals surface area contributed by atoms with Crippen molar-refractivity contribution < 1.29 is 8.78 Å². The van der Waals surface area contributed by atoms with Crippen LogP contribution < -0.4 is 16.4 Å². The van der Waals surface area contributed by atoms with Gasteiger partial charge in [-0.1, -0.05) is 33.5 Å². The first-order valence-electron chi connectivity index (χ1n) is 11.4. The van der Waals surface area contributed by atoms with Crippen LogP contribution in [0.3, 0.4) is 0 Å². The molecule has 0 spiro atoms. The maximum absolute atomic E-state index is 13.7. The number of anilines is 3. The molecule has 2 unspecified atom stereocenters. The van der Waals surface area contributed by atoms with Crippen molar-refractivity contribution in [1.82, 2.24) is 24.8 Å². The van der Waals surface area contributed by atoms with Crippen molar-refractivity contribution in [2.75, 3.05) is 63.2 Å². The van der Waals surface area contributed by atoms with Crippen LogP contribution in [0.2, 0.25) is 0 Å². The second kappa shape index (κ2) is 10.4. The molecular weight excluding hydrogens is 469 g/mol. The van der Waals surface area contributed by atoms with Gasteiger partial charge in [-0.05, 0) is 31.8 Å². The summed E-state index contributed by atoms with van der Waals surface area (Å²) in [4.78, 5) is 19.6. The minimum absolute atomic E-state index is 0.00860. The van der Waals surface area contributed by atoms with Gasteiger partial charge in [0.1, 0.15) is 23.8 Å². The molecule has 0 radical (unpaired) electrons. The fraction of sp³-hybridized carbons (Fsp3) is 0.375. The third-order valence-electron chi connectivity index (χ3n) is 6.20. The lowest BCUT2D eigenvalue weighted by Crippen LogP contribution is -2.49. The zero-order chi connectivity index (χ0) is 25.2. The fourth-order valence-electron chi connectivity index (χ4n) is 4.41. The van der Waals surface area contributed by atoms with Crippen molar-refractivity contribution in [3.63, 3.8) is 0 Å². The van der Waals surface area contributed by atoms with Crippen molar-refractivity contribution in [2.45, 2.75) is 11.7 Å². The number of rotatable bonds is 7. The molecule has 3 aromatic rings. The van der Waals surface area contributed by atoms with Crippen LogP contribution in [0.5, 0.6) is 0 Å². The number of pyridine rings is 1. The average Bonchev–Trinajstić information content (AvgIpc) is 2.83. The van der Waals surface area contributed by atoms with Gasteiger partial charge in [-0.25, -0.2) is 15.0 Å². The lowest BCUT2D eigenvalue weighted by Gasteiger charge is -2.41. The molecule has 3 heterocycles. The molecule has 0 bridgehead atoms. The molecule has 186 valence electrons. The Balaban J connectivity index is 1.54. The Morgan fingerprint density at radius 3 is 2.26 bits per heavy atom. The van der Waals surface area contributed by atoms with E-state index in [0.717, 1.165) is 55.2 Å². The maximum Gasteiger partial charge on any atom is 0.283 e. The van der Waals surface area contributed by atoms with Gasteiger partial charge in [-0.15, -0.1) is 0 Å². The van der Waals surface area contributed by atoms with Gasteiger partial charge < -0.3 is 21.3 Å². The predicted octanol–water partition coefficient (Wildman–Crippen LogP) is 3.05. The van der Waals surface area contributed by atoms with Crippen molar-refractivity contribution in [3.8, 4) is 11.1 Å². The smallest absolute Gasteiger partial charge is 0.283 e. The van der Waals surface area contributed by atoms with Gasteiger partial charge in [-0.3, -0.25) is 4.90 Å². The highest BCUT2D eigenvalue weighted by molar-refractivity contribution is 7.17. The third-order valence-corrected chi connectivity index (χ3v) is 6.54. The zero-order valence-electron chi connectivity index (χ0n) is 19.9. The Morgan fingerprint density at radius 2 is 1.69 bits per heavy atom. The molecular formula is C24H31F2N8P. The molecule has 4 rings (SSSR count). The van der Waals surface area contributed by atoms with Gasteiger partial charge in [0, 0.05) is 56.1 Å². The number of halogens is 2. The lowest BCUT2D eigenvalue weighted by molar-refractivity contribution is 0.104. The Bertz CT molecular complexity index is 1130. The van der Waals surface area contributed by atoms with Gasteiger partial charge in [0.2, 0.25) is 0 Å². The number of aromatic nitrogens is 3. The molecule has 1 aromatic carbocycles. The summed E-state index contributed by atoms with van der Waals surface area (Å²) in [5, 5.41) is 0. The Kier molecular flexibility index (Phi) is 7.44. The van der Waals surface area contributed by atoms with Crippen LogP contribution >= 0.6 is 9.24 Å². The SMILES string of the molecule is CN(C)CC(c1ccc(C(F)(F)P)cc1)N1CCN(c2ncnc(N)c2-c2ccc(N)nc2)CC1. The van der Waals surface area contributed by atoms with E-state index < -0.39 is 5.66 Å². The van der Waals surface area contributed by atoms with Gasteiger partial charge >= 0.3 is 0 Å². The summed E-state index contributed by atoms with van der Waals surface area (Å²) in [5.74, 6) is 1.58. The monoisotopic (exact) mass is 500 g/mol. The molecule has 4 N–H and O–H groups in total. The number of hydrogen-bond donors (Lipinski definition) is 2. The molecule has 1 fully saturated rings.